The second-order valence-corrected chi connectivity index (χ2v) is 5.60. The Labute approximate surface area is 144 Å². The quantitative estimate of drug-likeness (QED) is 0.721. The largest absolute Gasteiger partial charge is 0.472 e. The van der Waals surface area contributed by atoms with Crippen molar-refractivity contribution < 1.29 is 14.0 Å². The molecule has 3 rings (SSSR count). The van der Waals surface area contributed by atoms with Crippen molar-refractivity contribution in [1.29, 1.82) is 0 Å². The van der Waals surface area contributed by atoms with Gasteiger partial charge in [0.2, 0.25) is 5.91 Å². The Morgan fingerprint density at radius 2 is 2.16 bits per heavy atom. The number of hydrogen-bond donors (Lipinski definition) is 2. The molecule has 7 heteroatoms. The molecular weight excluding hydrogens is 320 g/mol. The first kappa shape index (κ1) is 16.5. The van der Waals surface area contributed by atoms with Crippen LogP contribution in [0.4, 0.5) is 5.69 Å². The van der Waals surface area contributed by atoms with Gasteiger partial charge in [-0.05, 0) is 36.8 Å². The van der Waals surface area contributed by atoms with Crippen LogP contribution in [-0.4, -0.2) is 27.6 Å². The molecule has 2 aromatic heterocycles. The Morgan fingerprint density at radius 3 is 2.88 bits per heavy atom. The van der Waals surface area contributed by atoms with Gasteiger partial charge in [-0.3, -0.25) is 14.3 Å². The average molecular weight is 338 g/mol. The summed E-state index contributed by atoms with van der Waals surface area (Å²) < 4.78 is 6.66. The molecule has 0 saturated heterocycles. The van der Waals surface area contributed by atoms with E-state index >= 15 is 0 Å². The number of hydrogen-bond acceptors (Lipinski definition) is 4. The second-order valence-electron chi connectivity index (χ2n) is 5.60. The standard InChI is InChI=1S/C18H18N4O3/c1-13(20-18(24)15-6-9-25-12-15)17(23)21-16-5-2-4-14(10-16)11-22-8-3-7-19-22/h2-10,12-13H,11H2,1H3,(H,20,24)(H,21,23)/t13-/m0/s1. The molecule has 2 N–H and O–H groups in total. The lowest BCUT2D eigenvalue weighted by atomic mass is 10.2. The molecule has 128 valence electrons. The molecule has 25 heavy (non-hydrogen) atoms. The minimum Gasteiger partial charge on any atom is -0.472 e. The van der Waals surface area contributed by atoms with E-state index < -0.39 is 6.04 Å². The molecule has 0 aliphatic rings. The van der Waals surface area contributed by atoms with Gasteiger partial charge in [0.15, 0.2) is 0 Å². The number of anilines is 1. The third kappa shape index (κ3) is 4.35. The first-order valence-electron chi connectivity index (χ1n) is 7.82. The predicted octanol–water partition coefficient (Wildman–Crippen LogP) is 2.28. The molecule has 0 bridgehead atoms. The summed E-state index contributed by atoms with van der Waals surface area (Å²) in [5, 5.41) is 9.60. The number of amides is 2. The van der Waals surface area contributed by atoms with Gasteiger partial charge in [-0.1, -0.05) is 12.1 Å². The van der Waals surface area contributed by atoms with E-state index in [1.807, 2.05) is 30.5 Å². The lowest BCUT2D eigenvalue weighted by Gasteiger charge is -2.14. The highest BCUT2D eigenvalue weighted by atomic mass is 16.3. The number of carbonyl (C=O) groups is 2. The molecule has 1 aromatic carbocycles. The van der Waals surface area contributed by atoms with E-state index in [-0.39, 0.29) is 11.8 Å². The highest BCUT2D eigenvalue weighted by Crippen LogP contribution is 2.12. The van der Waals surface area contributed by atoms with Gasteiger partial charge < -0.3 is 15.1 Å². The van der Waals surface area contributed by atoms with Crippen molar-refractivity contribution in [2.75, 3.05) is 5.32 Å². The number of nitrogens with zero attached hydrogens (tertiary/aromatic N) is 2. The lowest BCUT2D eigenvalue weighted by Crippen LogP contribution is -2.41. The van der Waals surface area contributed by atoms with Crippen molar-refractivity contribution in [2.45, 2.75) is 19.5 Å². The fraction of sp³-hybridized carbons (Fsp3) is 0.167. The van der Waals surface area contributed by atoms with Crippen LogP contribution in [0.1, 0.15) is 22.8 Å². The van der Waals surface area contributed by atoms with Crippen molar-refractivity contribution in [2.24, 2.45) is 0 Å². The first-order valence-corrected chi connectivity index (χ1v) is 7.82. The summed E-state index contributed by atoms with van der Waals surface area (Å²) in [4.78, 5) is 24.2. The third-order valence-electron chi connectivity index (χ3n) is 3.62. The van der Waals surface area contributed by atoms with Crippen molar-refractivity contribution in [3.63, 3.8) is 0 Å². The minimum absolute atomic E-state index is 0.298. The van der Waals surface area contributed by atoms with Crippen LogP contribution in [0.25, 0.3) is 0 Å². The molecule has 0 fully saturated rings. The summed E-state index contributed by atoms with van der Waals surface area (Å²) >= 11 is 0. The average Bonchev–Trinajstić information content (AvgIpc) is 3.28. The highest BCUT2D eigenvalue weighted by molar-refractivity contribution is 6.00. The van der Waals surface area contributed by atoms with E-state index in [2.05, 4.69) is 15.7 Å². The summed E-state index contributed by atoms with van der Waals surface area (Å²) in [6.45, 7) is 2.24. The van der Waals surface area contributed by atoms with E-state index in [1.165, 1.54) is 12.5 Å². The van der Waals surface area contributed by atoms with E-state index in [9.17, 15) is 9.59 Å². The zero-order valence-electron chi connectivity index (χ0n) is 13.7. The minimum atomic E-state index is -0.683. The Balaban J connectivity index is 1.59. The molecule has 7 nitrogen and oxygen atoms in total. The Bertz CT molecular complexity index is 841. The Kier molecular flexibility index (Phi) is 4.94. The normalized spacial score (nSPS) is 11.7. The van der Waals surface area contributed by atoms with Crippen molar-refractivity contribution in [3.05, 3.63) is 72.4 Å². The number of aromatic nitrogens is 2. The molecule has 2 heterocycles. The van der Waals surface area contributed by atoms with Crippen molar-refractivity contribution in [1.82, 2.24) is 15.1 Å². The van der Waals surface area contributed by atoms with E-state index in [0.717, 1.165) is 5.56 Å². The van der Waals surface area contributed by atoms with Gasteiger partial charge in [-0.25, -0.2) is 0 Å². The van der Waals surface area contributed by atoms with Crippen LogP contribution in [0, 0.1) is 0 Å². The molecule has 2 amide bonds. The van der Waals surface area contributed by atoms with Crippen LogP contribution in [-0.2, 0) is 11.3 Å². The Hall–Kier alpha value is -3.35. The fourth-order valence-electron chi connectivity index (χ4n) is 2.32. The van der Waals surface area contributed by atoms with Crippen LogP contribution in [0.5, 0.6) is 0 Å². The number of benzene rings is 1. The fourth-order valence-corrected chi connectivity index (χ4v) is 2.32. The molecule has 1 atom stereocenters. The monoisotopic (exact) mass is 338 g/mol. The lowest BCUT2D eigenvalue weighted by molar-refractivity contribution is -0.117. The number of furan rings is 1. The summed E-state index contributed by atoms with van der Waals surface area (Å²) in [6, 6.07) is 10.2. The maximum Gasteiger partial charge on any atom is 0.255 e. The number of nitrogens with one attached hydrogen (secondary N) is 2. The van der Waals surface area contributed by atoms with Crippen molar-refractivity contribution >= 4 is 17.5 Å². The van der Waals surface area contributed by atoms with Gasteiger partial charge in [0.05, 0.1) is 18.4 Å². The molecule has 0 spiro atoms. The topological polar surface area (TPSA) is 89.2 Å². The zero-order valence-corrected chi connectivity index (χ0v) is 13.7. The molecule has 0 aliphatic carbocycles. The zero-order chi connectivity index (χ0) is 17.6. The van der Waals surface area contributed by atoms with Gasteiger partial charge >= 0.3 is 0 Å². The van der Waals surface area contributed by atoms with E-state index in [0.29, 0.717) is 17.8 Å². The van der Waals surface area contributed by atoms with E-state index in [4.69, 9.17) is 4.42 Å². The molecule has 0 saturated carbocycles. The number of rotatable bonds is 6. The van der Waals surface area contributed by atoms with Crippen molar-refractivity contribution in [3.8, 4) is 0 Å². The summed E-state index contributed by atoms with van der Waals surface area (Å²) in [5.41, 5.74) is 2.05. The molecule has 0 aliphatic heterocycles. The van der Waals surface area contributed by atoms with Crippen LogP contribution in [0.3, 0.4) is 0 Å². The Morgan fingerprint density at radius 1 is 1.28 bits per heavy atom. The van der Waals surface area contributed by atoms with Gasteiger partial charge in [0.1, 0.15) is 12.3 Å². The summed E-state index contributed by atoms with van der Waals surface area (Å²) in [6.07, 6.45) is 6.33. The predicted molar refractivity (Wildman–Crippen MR) is 92.0 cm³/mol. The SMILES string of the molecule is C[C@H](NC(=O)c1ccoc1)C(=O)Nc1cccc(Cn2cccn2)c1. The molecular formula is C18H18N4O3. The van der Waals surface area contributed by atoms with Gasteiger partial charge in [-0.2, -0.15) is 5.10 Å². The van der Waals surface area contributed by atoms with Crippen LogP contribution in [0.15, 0.2) is 65.7 Å². The van der Waals surface area contributed by atoms with Crippen LogP contribution >= 0.6 is 0 Å². The van der Waals surface area contributed by atoms with Crippen LogP contribution < -0.4 is 10.6 Å². The second kappa shape index (κ2) is 7.48. The maximum absolute atomic E-state index is 12.3. The third-order valence-corrected chi connectivity index (χ3v) is 3.62. The molecule has 3 aromatic rings. The smallest absolute Gasteiger partial charge is 0.255 e. The van der Waals surface area contributed by atoms with Gasteiger partial charge in [0.25, 0.3) is 5.91 Å². The van der Waals surface area contributed by atoms with Gasteiger partial charge in [-0.15, -0.1) is 0 Å². The highest BCUT2D eigenvalue weighted by Gasteiger charge is 2.17. The summed E-state index contributed by atoms with van der Waals surface area (Å²) in [7, 11) is 0. The summed E-state index contributed by atoms with van der Waals surface area (Å²) in [5.74, 6) is -0.656. The van der Waals surface area contributed by atoms with Crippen LogP contribution in [0.2, 0.25) is 0 Å². The van der Waals surface area contributed by atoms with E-state index in [1.54, 1.807) is 29.9 Å². The molecule has 0 radical (unpaired) electrons. The first-order chi connectivity index (χ1) is 12.1. The molecule has 0 unspecified atom stereocenters. The maximum atomic E-state index is 12.3. The van der Waals surface area contributed by atoms with Gasteiger partial charge in [0, 0.05) is 18.1 Å². The number of carbonyl (C=O) groups excluding carboxylic acids is 2.